The average Bonchev–Trinajstić information content (AvgIpc) is 2.29. The number of hydrogen-bond donors (Lipinski definition) is 1. The molecule has 0 aliphatic carbocycles. The highest BCUT2D eigenvalue weighted by molar-refractivity contribution is 9.10. The van der Waals surface area contributed by atoms with Crippen molar-refractivity contribution in [2.45, 2.75) is 6.04 Å². The summed E-state index contributed by atoms with van der Waals surface area (Å²) in [7, 11) is 4.22. The summed E-state index contributed by atoms with van der Waals surface area (Å²) in [6.45, 7) is 4.37. The molecule has 1 atom stereocenters. The van der Waals surface area contributed by atoms with Gasteiger partial charge >= 0.3 is 0 Å². The zero-order valence-corrected chi connectivity index (χ0v) is 12.1. The van der Waals surface area contributed by atoms with E-state index in [-0.39, 0.29) is 0 Å². The minimum absolute atomic E-state index is 0.549. The summed E-state index contributed by atoms with van der Waals surface area (Å²) in [6.07, 6.45) is 0. The highest BCUT2D eigenvalue weighted by Gasteiger charge is 2.24. The number of likely N-dealkylation sites (N-methyl/N-ethyl adjacent to an activating group) is 2. The van der Waals surface area contributed by atoms with E-state index in [9.17, 15) is 0 Å². The molecule has 0 bridgehead atoms. The zero-order valence-electron chi connectivity index (χ0n) is 10.5. The van der Waals surface area contributed by atoms with E-state index in [0.29, 0.717) is 6.04 Å². The van der Waals surface area contributed by atoms with Gasteiger partial charge in [-0.05, 0) is 32.3 Å². The lowest BCUT2D eigenvalue weighted by molar-refractivity contribution is 0.265. The highest BCUT2D eigenvalue weighted by atomic mass is 79.9. The molecule has 1 fully saturated rings. The normalized spacial score (nSPS) is 21.8. The zero-order chi connectivity index (χ0) is 12.3. The lowest BCUT2D eigenvalue weighted by atomic mass is 10.1. The molecule has 1 aliphatic rings. The Morgan fingerprint density at radius 3 is 2.94 bits per heavy atom. The third kappa shape index (κ3) is 3.21. The fourth-order valence-electron chi connectivity index (χ4n) is 2.42. The molecular formula is C13H20BrN3. The molecule has 2 rings (SSSR count). The number of nitrogens with one attached hydrogen (secondary N) is 1. The summed E-state index contributed by atoms with van der Waals surface area (Å²) in [5, 5.41) is 3.29. The first-order valence-electron chi connectivity index (χ1n) is 6.06. The molecule has 0 aromatic heterocycles. The fraction of sp³-hybridized carbons (Fsp3) is 0.538. The summed E-state index contributed by atoms with van der Waals surface area (Å²) >= 11 is 3.55. The van der Waals surface area contributed by atoms with E-state index in [1.807, 2.05) is 7.05 Å². The molecule has 1 aromatic carbocycles. The van der Waals surface area contributed by atoms with Crippen LogP contribution in [0.4, 0.5) is 5.69 Å². The van der Waals surface area contributed by atoms with Crippen LogP contribution in [0.15, 0.2) is 28.7 Å². The fourth-order valence-corrected chi connectivity index (χ4v) is 2.80. The van der Waals surface area contributed by atoms with Gasteiger partial charge in [0, 0.05) is 36.3 Å². The highest BCUT2D eigenvalue weighted by Crippen LogP contribution is 2.23. The van der Waals surface area contributed by atoms with E-state index in [1.165, 1.54) is 5.69 Å². The summed E-state index contributed by atoms with van der Waals surface area (Å²) in [5.41, 5.74) is 1.31. The number of benzene rings is 1. The summed E-state index contributed by atoms with van der Waals surface area (Å²) in [5.74, 6) is 0. The molecule has 0 saturated carbocycles. The van der Waals surface area contributed by atoms with E-state index in [1.54, 1.807) is 0 Å². The quantitative estimate of drug-likeness (QED) is 0.918. The maximum Gasteiger partial charge on any atom is 0.0541 e. The molecule has 1 aromatic rings. The van der Waals surface area contributed by atoms with E-state index >= 15 is 0 Å². The van der Waals surface area contributed by atoms with Crippen molar-refractivity contribution in [2.24, 2.45) is 0 Å². The van der Waals surface area contributed by atoms with Gasteiger partial charge in [0.1, 0.15) is 0 Å². The van der Waals surface area contributed by atoms with Crippen LogP contribution >= 0.6 is 15.9 Å². The molecule has 0 spiro atoms. The topological polar surface area (TPSA) is 18.5 Å². The first-order valence-corrected chi connectivity index (χ1v) is 6.85. The Balaban J connectivity index is 2.17. The Labute approximate surface area is 112 Å². The monoisotopic (exact) mass is 297 g/mol. The van der Waals surface area contributed by atoms with Gasteiger partial charge in [0.15, 0.2) is 0 Å². The van der Waals surface area contributed by atoms with Crippen LogP contribution in [0.2, 0.25) is 0 Å². The van der Waals surface area contributed by atoms with Gasteiger partial charge in [0.05, 0.1) is 6.04 Å². The van der Waals surface area contributed by atoms with E-state index in [4.69, 9.17) is 0 Å². The number of rotatable bonds is 3. The Hall–Kier alpha value is -0.580. The SMILES string of the molecule is CNCC1CN(C)CCN1c1cccc(Br)c1. The van der Waals surface area contributed by atoms with Crippen molar-refractivity contribution in [3.05, 3.63) is 28.7 Å². The molecule has 1 N–H and O–H groups in total. The number of hydrogen-bond acceptors (Lipinski definition) is 3. The Bertz CT molecular complexity index is 369. The number of anilines is 1. The molecule has 94 valence electrons. The van der Waals surface area contributed by atoms with Crippen molar-refractivity contribution in [3.8, 4) is 0 Å². The van der Waals surface area contributed by atoms with Gasteiger partial charge in [0.25, 0.3) is 0 Å². The van der Waals surface area contributed by atoms with Crippen molar-refractivity contribution in [1.82, 2.24) is 10.2 Å². The first kappa shape index (κ1) is 12.9. The molecule has 1 saturated heterocycles. The second-order valence-electron chi connectivity index (χ2n) is 4.65. The lowest BCUT2D eigenvalue weighted by Gasteiger charge is -2.41. The van der Waals surface area contributed by atoms with Gasteiger partial charge in [-0.3, -0.25) is 0 Å². The largest absolute Gasteiger partial charge is 0.365 e. The minimum atomic E-state index is 0.549. The second kappa shape index (κ2) is 5.85. The van der Waals surface area contributed by atoms with Crippen LogP contribution in [0.3, 0.4) is 0 Å². The molecule has 1 heterocycles. The van der Waals surface area contributed by atoms with Gasteiger partial charge in [-0.2, -0.15) is 0 Å². The van der Waals surface area contributed by atoms with Crippen LogP contribution in [0.25, 0.3) is 0 Å². The summed E-state index contributed by atoms with van der Waals surface area (Å²) in [6, 6.07) is 9.13. The number of halogens is 1. The molecule has 0 amide bonds. The Morgan fingerprint density at radius 2 is 2.24 bits per heavy atom. The molecule has 1 aliphatic heterocycles. The Kier molecular flexibility index (Phi) is 4.42. The van der Waals surface area contributed by atoms with Crippen molar-refractivity contribution in [3.63, 3.8) is 0 Å². The van der Waals surface area contributed by atoms with Crippen molar-refractivity contribution in [2.75, 3.05) is 45.2 Å². The lowest BCUT2D eigenvalue weighted by Crippen LogP contribution is -2.55. The van der Waals surface area contributed by atoms with Gasteiger partial charge in [0.2, 0.25) is 0 Å². The maximum absolute atomic E-state index is 3.55. The molecule has 4 heteroatoms. The van der Waals surface area contributed by atoms with Crippen LogP contribution in [0.5, 0.6) is 0 Å². The smallest absolute Gasteiger partial charge is 0.0541 e. The van der Waals surface area contributed by atoms with Crippen molar-refractivity contribution >= 4 is 21.6 Å². The standard InChI is InChI=1S/C13H20BrN3/c1-15-9-13-10-16(2)6-7-17(13)12-5-3-4-11(14)8-12/h3-5,8,13,15H,6-7,9-10H2,1-2H3. The maximum atomic E-state index is 3.55. The number of nitrogens with zero attached hydrogens (tertiary/aromatic N) is 2. The van der Waals surface area contributed by atoms with Crippen LogP contribution in [0, 0.1) is 0 Å². The van der Waals surface area contributed by atoms with Crippen LogP contribution in [0.1, 0.15) is 0 Å². The number of piperazine rings is 1. The van der Waals surface area contributed by atoms with Gasteiger partial charge in [-0.25, -0.2) is 0 Å². The predicted octanol–water partition coefficient (Wildman–Crippen LogP) is 1.79. The first-order chi connectivity index (χ1) is 8.20. The average molecular weight is 298 g/mol. The van der Waals surface area contributed by atoms with Crippen LogP contribution in [-0.2, 0) is 0 Å². The third-order valence-corrected chi connectivity index (χ3v) is 3.76. The molecular weight excluding hydrogens is 278 g/mol. The van der Waals surface area contributed by atoms with Crippen molar-refractivity contribution in [1.29, 1.82) is 0 Å². The van der Waals surface area contributed by atoms with Gasteiger partial charge < -0.3 is 15.1 Å². The summed E-state index contributed by atoms with van der Waals surface area (Å²) in [4.78, 5) is 4.90. The third-order valence-electron chi connectivity index (χ3n) is 3.27. The van der Waals surface area contributed by atoms with E-state index < -0.39 is 0 Å². The minimum Gasteiger partial charge on any atom is -0.365 e. The Morgan fingerprint density at radius 1 is 1.41 bits per heavy atom. The van der Waals surface area contributed by atoms with Crippen LogP contribution in [-0.4, -0.2) is 51.2 Å². The molecule has 3 nitrogen and oxygen atoms in total. The van der Waals surface area contributed by atoms with Gasteiger partial charge in [-0.15, -0.1) is 0 Å². The summed E-state index contributed by atoms with van der Waals surface area (Å²) < 4.78 is 1.15. The molecule has 0 radical (unpaired) electrons. The van der Waals surface area contributed by atoms with Crippen molar-refractivity contribution < 1.29 is 0 Å². The predicted molar refractivity (Wildman–Crippen MR) is 76.7 cm³/mol. The molecule has 1 unspecified atom stereocenters. The van der Waals surface area contributed by atoms with Crippen LogP contribution < -0.4 is 10.2 Å². The van der Waals surface area contributed by atoms with E-state index in [2.05, 4.69) is 62.4 Å². The second-order valence-corrected chi connectivity index (χ2v) is 5.56. The molecule has 17 heavy (non-hydrogen) atoms. The van der Waals surface area contributed by atoms with E-state index in [0.717, 1.165) is 30.7 Å². The van der Waals surface area contributed by atoms with Gasteiger partial charge in [-0.1, -0.05) is 22.0 Å².